The Balaban J connectivity index is 1.99. The number of carbonyl (C=O) groups excluding carboxylic acids is 1. The molecule has 1 heterocycles. The van der Waals surface area contributed by atoms with Crippen LogP contribution >= 0.6 is 11.3 Å². The fourth-order valence-electron chi connectivity index (χ4n) is 2.80. The molecule has 2 rings (SSSR count). The van der Waals surface area contributed by atoms with E-state index in [1.54, 1.807) is 11.3 Å². The molecule has 1 aromatic heterocycles. The van der Waals surface area contributed by atoms with Crippen molar-refractivity contribution in [3.8, 4) is 0 Å². The standard InChI is InChI=1S/C16H26N2O2S/c1-5-10(3)9-11(4)17-16-18-14-12(15(19)20-6-2)7-8-13(14)21-16/h10-12H,5-9H2,1-4H3,(H,17,18). The average molecular weight is 310 g/mol. The second-order valence-electron chi connectivity index (χ2n) is 5.97. The van der Waals surface area contributed by atoms with Crippen molar-refractivity contribution in [3.63, 3.8) is 0 Å². The highest BCUT2D eigenvalue weighted by molar-refractivity contribution is 7.15. The molecule has 1 N–H and O–H groups in total. The minimum atomic E-state index is -0.156. The zero-order valence-corrected chi connectivity index (χ0v) is 14.3. The summed E-state index contributed by atoms with van der Waals surface area (Å²) in [4.78, 5) is 17.8. The summed E-state index contributed by atoms with van der Waals surface area (Å²) in [7, 11) is 0. The Kier molecular flexibility index (Phi) is 5.62. The normalized spacial score (nSPS) is 19.9. The van der Waals surface area contributed by atoms with Crippen LogP contribution in [0.2, 0.25) is 0 Å². The van der Waals surface area contributed by atoms with E-state index in [9.17, 15) is 4.79 Å². The van der Waals surface area contributed by atoms with E-state index < -0.39 is 0 Å². The molecule has 0 amide bonds. The van der Waals surface area contributed by atoms with Crippen molar-refractivity contribution >= 4 is 22.4 Å². The lowest BCUT2D eigenvalue weighted by Crippen LogP contribution is -2.18. The second-order valence-corrected chi connectivity index (χ2v) is 7.05. The van der Waals surface area contributed by atoms with E-state index in [1.165, 1.54) is 11.3 Å². The predicted octanol–water partition coefficient (Wildman–Crippen LogP) is 3.97. The molecule has 1 aliphatic rings. The van der Waals surface area contributed by atoms with E-state index in [0.717, 1.165) is 30.1 Å². The number of esters is 1. The van der Waals surface area contributed by atoms with Crippen LogP contribution in [0, 0.1) is 5.92 Å². The molecular weight excluding hydrogens is 284 g/mol. The minimum absolute atomic E-state index is 0.124. The summed E-state index contributed by atoms with van der Waals surface area (Å²) in [5.74, 6) is 0.434. The number of anilines is 1. The molecule has 118 valence electrons. The van der Waals surface area contributed by atoms with Crippen molar-refractivity contribution in [3.05, 3.63) is 10.6 Å². The number of hydrogen-bond donors (Lipinski definition) is 1. The van der Waals surface area contributed by atoms with Gasteiger partial charge < -0.3 is 10.1 Å². The number of aryl methyl sites for hydroxylation is 1. The van der Waals surface area contributed by atoms with Gasteiger partial charge in [-0.05, 0) is 39.0 Å². The van der Waals surface area contributed by atoms with Crippen molar-refractivity contribution in [2.45, 2.75) is 65.3 Å². The first-order valence-electron chi connectivity index (χ1n) is 7.97. The van der Waals surface area contributed by atoms with Crippen molar-refractivity contribution in [2.75, 3.05) is 11.9 Å². The van der Waals surface area contributed by atoms with E-state index in [2.05, 4.69) is 31.1 Å². The topological polar surface area (TPSA) is 51.2 Å². The maximum atomic E-state index is 11.9. The lowest BCUT2D eigenvalue weighted by atomic mass is 10.0. The lowest BCUT2D eigenvalue weighted by Gasteiger charge is -2.17. The van der Waals surface area contributed by atoms with E-state index in [4.69, 9.17) is 4.74 Å². The van der Waals surface area contributed by atoms with Crippen LogP contribution in [-0.4, -0.2) is 23.6 Å². The number of carbonyl (C=O) groups is 1. The van der Waals surface area contributed by atoms with Gasteiger partial charge in [0.2, 0.25) is 0 Å². The summed E-state index contributed by atoms with van der Waals surface area (Å²) >= 11 is 1.69. The lowest BCUT2D eigenvalue weighted by molar-refractivity contribution is -0.145. The van der Waals surface area contributed by atoms with Crippen LogP contribution in [0.25, 0.3) is 0 Å². The Hall–Kier alpha value is -1.10. The molecule has 0 bridgehead atoms. The fraction of sp³-hybridized carbons (Fsp3) is 0.750. The van der Waals surface area contributed by atoms with Crippen LogP contribution in [0.5, 0.6) is 0 Å². The van der Waals surface area contributed by atoms with Gasteiger partial charge in [-0.1, -0.05) is 20.3 Å². The molecule has 4 nitrogen and oxygen atoms in total. The molecule has 0 saturated carbocycles. The van der Waals surface area contributed by atoms with Crippen molar-refractivity contribution in [1.29, 1.82) is 0 Å². The minimum Gasteiger partial charge on any atom is -0.465 e. The molecule has 0 saturated heterocycles. The predicted molar refractivity (Wildman–Crippen MR) is 87.0 cm³/mol. The van der Waals surface area contributed by atoms with Gasteiger partial charge >= 0.3 is 5.97 Å². The number of aromatic nitrogens is 1. The molecule has 5 heteroatoms. The van der Waals surface area contributed by atoms with Gasteiger partial charge in [-0.3, -0.25) is 4.79 Å². The number of hydrogen-bond acceptors (Lipinski definition) is 5. The Morgan fingerprint density at radius 2 is 2.24 bits per heavy atom. The van der Waals surface area contributed by atoms with Crippen molar-refractivity contribution in [2.24, 2.45) is 5.92 Å². The van der Waals surface area contributed by atoms with Gasteiger partial charge in [-0.15, -0.1) is 11.3 Å². The summed E-state index contributed by atoms with van der Waals surface area (Å²) in [6.07, 6.45) is 4.13. The molecule has 0 fully saturated rings. The maximum Gasteiger partial charge on any atom is 0.315 e. The quantitative estimate of drug-likeness (QED) is 0.774. The third-order valence-electron chi connectivity index (χ3n) is 4.11. The molecule has 0 spiro atoms. The summed E-state index contributed by atoms with van der Waals surface area (Å²) in [6.45, 7) is 8.97. The van der Waals surface area contributed by atoms with Crippen LogP contribution in [0.1, 0.15) is 63.4 Å². The number of fused-ring (bicyclic) bond motifs is 1. The Labute approximate surface area is 131 Å². The van der Waals surface area contributed by atoms with Gasteiger partial charge in [0.05, 0.1) is 12.3 Å². The SMILES string of the molecule is CCOC(=O)C1CCc2sc(NC(C)CC(C)CC)nc21. The van der Waals surface area contributed by atoms with Gasteiger partial charge in [0, 0.05) is 10.9 Å². The van der Waals surface area contributed by atoms with Gasteiger partial charge in [0.15, 0.2) is 5.13 Å². The third-order valence-corrected chi connectivity index (χ3v) is 5.17. The molecule has 1 aliphatic carbocycles. The zero-order valence-electron chi connectivity index (χ0n) is 13.4. The molecular formula is C16H26N2O2S. The zero-order chi connectivity index (χ0) is 15.4. The Morgan fingerprint density at radius 3 is 2.90 bits per heavy atom. The first-order chi connectivity index (χ1) is 10.0. The highest BCUT2D eigenvalue weighted by Gasteiger charge is 2.33. The number of nitrogens with one attached hydrogen (secondary N) is 1. The molecule has 0 aliphatic heterocycles. The van der Waals surface area contributed by atoms with E-state index in [-0.39, 0.29) is 11.9 Å². The Bertz CT molecular complexity index is 487. The van der Waals surface area contributed by atoms with Crippen molar-refractivity contribution < 1.29 is 9.53 Å². The number of thiazole rings is 1. The van der Waals surface area contributed by atoms with Crippen LogP contribution in [0.4, 0.5) is 5.13 Å². The summed E-state index contributed by atoms with van der Waals surface area (Å²) in [5.41, 5.74) is 0.941. The largest absolute Gasteiger partial charge is 0.465 e. The molecule has 0 radical (unpaired) electrons. The van der Waals surface area contributed by atoms with Crippen molar-refractivity contribution in [1.82, 2.24) is 4.98 Å². The molecule has 3 unspecified atom stereocenters. The van der Waals surface area contributed by atoms with E-state index in [0.29, 0.717) is 18.6 Å². The molecule has 1 aromatic rings. The summed E-state index contributed by atoms with van der Waals surface area (Å²) < 4.78 is 5.15. The Morgan fingerprint density at radius 1 is 1.48 bits per heavy atom. The van der Waals surface area contributed by atoms with Gasteiger partial charge in [-0.25, -0.2) is 4.98 Å². The highest BCUT2D eigenvalue weighted by Crippen LogP contribution is 2.39. The second kappa shape index (κ2) is 7.25. The average Bonchev–Trinajstić information content (AvgIpc) is 2.97. The van der Waals surface area contributed by atoms with E-state index >= 15 is 0 Å². The summed E-state index contributed by atoms with van der Waals surface area (Å²) in [6, 6.07) is 0.410. The smallest absolute Gasteiger partial charge is 0.315 e. The van der Waals surface area contributed by atoms with Crippen LogP contribution in [0.3, 0.4) is 0 Å². The summed E-state index contributed by atoms with van der Waals surface area (Å²) in [5, 5.41) is 4.43. The monoisotopic (exact) mass is 310 g/mol. The van der Waals surface area contributed by atoms with Crippen LogP contribution in [0.15, 0.2) is 0 Å². The third kappa shape index (κ3) is 3.96. The van der Waals surface area contributed by atoms with E-state index in [1.807, 2.05) is 6.92 Å². The fourth-order valence-corrected chi connectivity index (χ4v) is 3.95. The maximum absolute atomic E-state index is 11.9. The number of ether oxygens (including phenoxy) is 1. The molecule has 3 atom stereocenters. The number of nitrogens with zero attached hydrogens (tertiary/aromatic N) is 1. The molecule has 21 heavy (non-hydrogen) atoms. The highest BCUT2D eigenvalue weighted by atomic mass is 32.1. The first-order valence-corrected chi connectivity index (χ1v) is 8.79. The van der Waals surface area contributed by atoms with Crippen LogP contribution in [-0.2, 0) is 16.0 Å². The van der Waals surface area contributed by atoms with Gasteiger partial charge in [0.1, 0.15) is 5.92 Å². The first kappa shape index (κ1) is 16.3. The molecule has 0 aromatic carbocycles. The van der Waals surface area contributed by atoms with Gasteiger partial charge in [0.25, 0.3) is 0 Å². The van der Waals surface area contributed by atoms with Gasteiger partial charge in [-0.2, -0.15) is 0 Å². The van der Waals surface area contributed by atoms with Crippen LogP contribution < -0.4 is 5.32 Å². The number of rotatable bonds is 7.